The van der Waals surface area contributed by atoms with E-state index in [9.17, 15) is 0 Å². The van der Waals surface area contributed by atoms with Crippen molar-refractivity contribution < 1.29 is 0 Å². The van der Waals surface area contributed by atoms with Crippen LogP contribution in [0.2, 0.25) is 0 Å². The van der Waals surface area contributed by atoms with E-state index in [0.29, 0.717) is 11.6 Å². The Kier molecular flexibility index (Phi) is 3.15. The zero-order valence-corrected chi connectivity index (χ0v) is 8.53. The first-order chi connectivity index (χ1) is 7.38. The lowest BCUT2D eigenvalue weighted by Crippen LogP contribution is -2.38. The van der Waals surface area contributed by atoms with Crippen LogP contribution in [0.25, 0.3) is 0 Å². The van der Waals surface area contributed by atoms with Gasteiger partial charge in [-0.1, -0.05) is 0 Å². The topological polar surface area (TPSA) is 60.7 Å². The van der Waals surface area contributed by atoms with Crippen LogP contribution in [0.5, 0.6) is 0 Å². The molecular weight excluding hydrogens is 188 g/mol. The fourth-order valence-electron chi connectivity index (χ4n) is 1.73. The number of pyridine rings is 1. The summed E-state index contributed by atoms with van der Waals surface area (Å²) in [5.41, 5.74) is 0.599. The Morgan fingerprint density at radius 2 is 2.47 bits per heavy atom. The standard InChI is InChI=1S/C11H14N4/c12-6-9-3-4-11(14-7-9)15-10-2-1-5-13-8-10/h3-4,7,10,13H,1-2,5,8H2,(H,14,15). The van der Waals surface area contributed by atoms with Crippen LogP contribution < -0.4 is 10.6 Å². The lowest BCUT2D eigenvalue weighted by atomic mass is 10.1. The summed E-state index contributed by atoms with van der Waals surface area (Å²) in [6.45, 7) is 2.10. The number of nitrogens with zero attached hydrogens (tertiary/aromatic N) is 2. The predicted octanol–water partition coefficient (Wildman–Crippen LogP) is 1.12. The molecule has 1 aromatic heterocycles. The molecule has 4 heteroatoms. The van der Waals surface area contributed by atoms with Gasteiger partial charge in [0.05, 0.1) is 5.56 Å². The average molecular weight is 202 g/mol. The molecule has 1 aliphatic rings. The van der Waals surface area contributed by atoms with E-state index in [1.165, 1.54) is 12.8 Å². The van der Waals surface area contributed by atoms with Crippen LogP contribution >= 0.6 is 0 Å². The van der Waals surface area contributed by atoms with Gasteiger partial charge in [0, 0.05) is 18.8 Å². The van der Waals surface area contributed by atoms with Gasteiger partial charge in [0.25, 0.3) is 0 Å². The molecule has 0 saturated carbocycles. The summed E-state index contributed by atoms with van der Waals surface area (Å²) in [4.78, 5) is 4.18. The van der Waals surface area contributed by atoms with Gasteiger partial charge in [0.2, 0.25) is 0 Å². The second-order valence-electron chi connectivity index (χ2n) is 3.73. The molecule has 1 unspecified atom stereocenters. The third kappa shape index (κ3) is 2.67. The van der Waals surface area contributed by atoms with Crippen molar-refractivity contribution in [3.05, 3.63) is 23.9 Å². The molecule has 0 radical (unpaired) electrons. The quantitative estimate of drug-likeness (QED) is 0.754. The maximum atomic E-state index is 8.63. The fraction of sp³-hybridized carbons (Fsp3) is 0.455. The van der Waals surface area contributed by atoms with E-state index in [4.69, 9.17) is 5.26 Å². The maximum absolute atomic E-state index is 8.63. The number of anilines is 1. The largest absolute Gasteiger partial charge is 0.366 e. The lowest BCUT2D eigenvalue weighted by Gasteiger charge is -2.24. The van der Waals surface area contributed by atoms with Gasteiger partial charge in [-0.15, -0.1) is 0 Å². The molecule has 0 spiro atoms. The Balaban J connectivity index is 1.95. The molecule has 1 aromatic rings. The van der Waals surface area contributed by atoms with Gasteiger partial charge in [-0.25, -0.2) is 4.98 Å². The molecule has 0 amide bonds. The maximum Gasteiger partial charge on any atom is 0.126 e. The Bertz CT molecular complexity index is 346. The molecule has 2 N–H and O–H groups in total. The summed E-state index contributed by atoms with van der Waals surface area (Å²) < 4.78 is 0. The van der Waals surface area contributed by atoms with E-state index < -0.39 is 0 Å². The highest BCUT2D eigenvalue weighted by atomic mass is 15.1. The van der Waals surface area contributed by atoms with Gasteiger partial charge in [-0.2, -0.15) is 5.26 Å². The molecule has 1 aliphatic heterocycles. The van der Waals surface area contributed by atoms with Crippen LogP contribution in [-0.4, -0.2) is 24.1 Å². The molecule has 2 rings (SSSR count). The van der Waals surface area contributed by atoms with Gasteiger partial charge in [-0.05, 0) is 31.5 Å². The van der Waals surface area contributed by atoms with Crippen LogP contribution in [0.15, 0.2) is 18.3 Å². The summed E-state index contributed by atoms with van der Waals surface area (Å²) >= 11 is 0. The molecule has 0 aliphatic carbocycles. The minimum Gasteiger partial charge on any atom is -0.366 e. The van der Waals surface area contributed by atoms with Gasteiger partial charge in [-0.3, -0.25) is 0 Å². The molecular formula is C11H14N4. The highest BCUT2D eigenvalue weighted by Crippen LogP contribution is 2.10. The number of nitriles is 1. The Labute approximate surface area is 89.3 Å². The van der Waals surface area contributed by atoms with Crippen molar-refractivity contribution in [3.8, 4) is 6.07 Å². The van der Waals surface area contributed by atoms with Gasteiger partial charge in [0.1, 0.15) is 11.9 Å². The van der Waals surface area contributed by atoms with Crippen molar-refractivity contribution in [2.24, 2.45) is 0 Å². The summed E-state index contributed by atoms with van der Waals surface area (Å²) in [5, 5.41) is 15.3. The third-order valence-electron chi connectivity index (χ3n) is 2.54. The molecule has 78 valence electrons. The Morgan fingerprint density at radius 3 is 3.07 bits per heavy atom. The monoisotopic (exact) mass is 202 g/mol. The van der Waals surface area contributed by atoms with Crippen molar-refractivity contribution in [3.63, 3.8) is 0 Å². The van der Waals surface area contributed by atoms with Crippen molar-refractivity contribution in [2.75, 3.05) is 18.4 Å². The third-order valence-corrected chi connectivity index (χ3v) is 2.54. The Hall–Kier alpha value is -1.60. The normalized spacial score (nSPS) is 20.6. The predicted molar refractivity (Wildman–Crippen MR) is 58.5 cm³/mol. The molecule has 0 aromatic carbocycles. The lowest BCUT2D eigenvalue weighted by molar-refractivity contribution is 0.479. The van der Waals surface area contributed by atoms with Gasteiger partial charge in [0.15, 0.2) is 0 Å². The van der Waals surface area contributed by atoms with E-state index in [-0.39, 0.29) is 0 Å². The van der Waals surface area contributed by atoms with Crippen molar-refractivity contribution in [1.29, 1.82) is 5.26 Å². The first-order valence-corrected chi connectivity index (χ1v) is 5.22. The second-order valence-corrected chi connectivity index (χ2v) is 3.73. The zero-order valence-electron chi connectivity index (χ0n) is 8.53. The number of rotatable bonds is 2. The summed E-state index contributed by atoms with van der Waals surface area (Å²) in [6.07, 6.45) is 3.97. The SMILES string of the molecule is N#Cc1ccc(NC2CCCNC2)nc1. The average Bonchev–Trinajstić information content (AvgIpc) is 2.31. The van der Waals surface area contributed by atoms with E-state index in [0.717, 1.165) is 18.9 Å². The van der Waals surface area contributed by atoms with E-state index in [2.05, 4.69) is 21.7 Å². The van der Waals surface area contributed by atoms with E-state index in [1.807, 2.05) is 6.07 Å². The molecule has 4 nitrogen and oxygen atoms in total. The summed E-state index contributed by atoms with van der Waals surface area (Å²) in [7, 11) is 0. The first-order valence-electron chi connectivity index (χ1n) is 5.22. The molecule has 15 heavy (non-hydrogen) atoms. The van der Waals surface area contributed by atoms with E-state index >= 15 is 0 Å². The summed E-state index contributed by atoms with van der Waals surface area (Å²) in [6, 6.07) is 6.15. The van der Waals surface area contributed by atoms with Crippen LogP contribution in [0.1, 0.15) is 18.4 Å². The highest BCUT2D eigenvalue weighted by molar-refractivity contribution is 5.39. The van der Waals surface area contributed by atoms with E-state index in [1.54, 1.807) is 12.3 Å². The minimum absolute atomic E-state index is 0.458. The fourth-order valence-corrected chi connectivity index (χ4v) is 1.73. The van der Waals surface area contributed by atoms with Gasteiger partial charge >= 0.3 is 0 Å². The van der Waals surface area contributed by atoms with Crippen molar-refractivity contribution in [1.82, 2.24) is 10.3 Å². The minimum atomic E-state index is 0.458. The van der Waals surface area contributed by atoms with Crippen LogP contribution in [0.4, 0.5) is 5.82 Å². The van der Waals surface area contributed by atoms with Crippen LogP contribution in [0, 0.1) is 11.3 Å². The number of hydrogen-bond acceptors (Lipinski definition) is 4. The zero-order chi connectivity index (χ0) is 10.5. The molecule has 1 fully saturated rings. The van der Waals surface area contributed by atoms with Crippen molar-refractivity contribution in [2.45, 2.75) is 18.9 Å². The number of nitrogens with one attached hydrogen (secondary N) is 2. The smallest absolute Gasteiger partial charge is 0.126 e. The van der Waals surface area contributed by atoms with Crippen LogP contribution in [0.3, 0.4) is 0 Å². The second kappa shape index (κ2) is 4.76. The molecule has 2 heterocycles. The Morgan fingerprint density at radius 1 is 1.53 bits per heavy atom. The molecule has 1 saturated heterocycles. The number of aromatic nitrogens is 1. The molecule has 1 atom stereocenters. The van der Waals surface area contributed by atoms with Crippen molar-refractivity contribution >= 4 is 5.82 Å². The number of hydrogen-bond donors (Lipinski definition) is 2. The van der Waals surface area contributed by atoms with Gasteiger partial charge < -0.3 is 10.6 Å². The first kappa shape index (κ1) is 9.94. The summed E-state index contributed by atoms with van der Waals surface area (Å²) in [5.74, 6) is 0.850. The highest BCUT2D eigenvalue weighted by Gasteiger charge is 2.12. The van der Waals surface area contributed by atoms with Crippen LogP contribution in [-0.2, 0) is 0 Å². The number of piperidine rings is 1. The molecule has 0 bridgehead atoms.